The van der Waals surface area contributed by atoms with E-state index in [9.17, 15) is 0 Å². The first-order valence-corrected chi connectivity index (χ1v) is 39.6. The summed E-state index contributed by atoms with van der Waals surface area (Å²) < 4.78 is 14.8. The van der Waals surface area contributed by atoms with Gasteiger partial charge in [-0.05, 0) is 50.7 Å². The van der Waals surface area contributed by atoms with Crippen molar-refractivity contribution in [1.82, 2.24) is 4.98 Å². The molecule has 5 aliphatic heterocycles. The molecule has 8 aliphatic rings. The molecule has 624 valence electrons. The van der Waals surface area contributed by atoms with Gasteiger partial charge in [0.25, 0.3) is 0 Å². The van der Waals surface area contributed by atoms with E-state index in [1.54, 1.807) is 0 Å². The van der Waals surface area contributed by atoms with E-state index in [0.29, 0.717) is 0 Å². The van der Waals surface area contributed by atoms with Crippen LogP contribution >= 0.6 is 0 Å². The fraction of sp³-hybridized carbons (Fsp3) is 0.0531. The van der Waals surface area contributed by atoms with Crippen molar-refractivity contribution in [2.24, 2.45) is 0 Å². The Morgan fingerprint density at radius 2 is 0.776 bits per heavy atom. The molecule has 0 fully saturated rings. The van der Waals surface area contributed by atoms with Gasteiger partial charge in [0, 0.05) is 39.8 Å². The number of aromatic nitrogens is 4. The SMILES string of the molecule is C=[N+]1C=CC=C(C)[C-]1c1[c-]cccc1.C=[N+]1C=CC=C[C-]1c1[c-]cc(C)cc1.C=[N+]1C=CC=C[C-]1c1[c-]cc(C)cc1.C=[N+]1C=CC=C[C-]1c1[c-]cccc1.C=[N+]1C=CC=C[C-]1c1[c-]cccc1.C=[n+]1cccc(C)c1=C1[C-]=CC=C[CH-]1.C=[n+]1ccccc1=C1[C-]=CC(C)=C[CH-]1.C=[n+]1ccccc1=C1[C-]=CC=C[CH-]1.Cc1cccnc1-c1[c-]cccc1.[Ir+3].[Ir+3].[Ir+3]. The van der Waals surface area contributed by atoms with E-state index in [-0.39, 0.29) is 60.3 Å². The molecule has 9 heterocycles. The summed E-state index contributed by atoms with van der Waals surface area (Å²) >= 11 is 0. The van der Waals surface area contributed by atoms with Crippen molar-refractivity contribution in [2.75, 3.05) is 0 Å². The van der Waals surface area contributed by atoms with Crippen molar-refractivity contribution < 1.29 is 95.9 Å². The van der Waals surface area contributed by atoms with E-state index in [1.165, 1.54) is 33.4 Å². The van der Waals surface area contributed by atoms with Crippen LogP contribution < -0.4 is 28.8 Å². The zero-order chi connectivity index (χ0) is 86.2. The van der Waals surface area contributed by atoms with Gasteiger partial charge < -0.3 is 27.9 Å². The van der Waals surface area contributed by atoms with Crippen LogP contribution in [0.15, 0.2) is 395 Å². The van der Waals surface area contributed by atoms with Crippen molar-refractivity contribution in [3.63, 3.8) is 0 Å². The second kappa shape index (κ2) is 52.5. The zero-order valence-corrected chi connectivity index (χ0v) is 78.5. The molecular formula is C113H100Ir3N9. The van der Waals surface area contributed by atoms with Crippen molar-refractivity contribution in [3.05, 3.63) is 585 Å². The average molecular weight is 2160 g/mol. The van der Waals surface area contributed by atoms with Gasteiger partial charge in [-0.1, -0.05) is 96.3 Å². The van der Waals surface area contributed by atoms with Gasteiger partial charge in [0.15, 0.2) is 18.6 Å². The maximum absolute atomic E-state index is 4.32. The average Bonchev–Trinajstić information content (AvgIpc) is 0.825. The van der Waals surface area contributed by atoms with Gasteiger partial charge in [-0.3, -0.25) is 31.0 Å². The van der Waals surface area contributed by atoms with Crippen LogP contribution in [0.5, 0.6) is 0 Å². The van der Waals surface area contributed by atoms with Gasteiger partial charge in [0.2, 0.25) is 0 Å². The van der Waals surface area contributed by atoms with Crippen LogP contribution in [0.2, 0.25) is 0 Å². The monoisotopic (exact) mass is 2160 g/mol. The van der Waals surface area contributed by atoms with E-state index >= 15 is 0 Å². The van der Waals surface area contributed by atoms with Gasteiger partial charge in [-0.15, -0.1) is 186 Å². The summed E-state index contributed by atoms with van der Waals surface area (Å²) in [7, 11) is 0. The number of benzene rings is 6. The smallest absolute Gasteiger partial charge is 0.336 e. The summed E-state index contributed by atoms with van der Waals surface area (Å²) in [6.07, 6.45) is 76.9. The zero-order valence-electron chi connectivity index (χ0n) is 71.3. The normalized spacial score (nSPS) is 15.3. The van der Waals surface area contributed by atoms with E-state index in [0.717, 1.165) is 102 Å². The molecular weight excluding hydrogens is 2060 g/mol. The van der Waals surface area contributed by atoms with E-state index in [4.69, 9.17) is 0 Å². The van der Waals surface area contributed by atoms with E-state index in [1.807, 2.05) is 383 Å². The Labute approximate surface area is 782 Å². The van der Waals surface area contributed by atoms with Gasteiger partial charge in [-0.2, -0.15) is 91.0 Å². The summed E-state index contributed by atoms with van der Waals surface area (Å²) in [5, 5.41) is 3.27. The molecule has 0 radical (unpaired) electrons. The Balaban J connectivity index is 0.000000193. The molecule has 10 aromatic rings. The molecule has 12 heteroatoms. The van der Waals surface area contributed by atoms with Crippen LogP contribution in [0.3, 0.4) is 0 Å². The first-order chi connectivity index (χ1) is 59.4. The first-order valence-electron chi connectivity index (χ1n) is 39.6. The van der Waals surface area contributed by atoms with Crippen molar-refractivity contribution in [3.8, 4) is 11.3 Å². The Hall–Kier alpha value is -13.8. The largest absolute Gasteiger partial charge is 3.00 e. The number of pyridine rings is 4. The predicted octanol–water partition coefficient (Wildman–Crippen LogP) is 18.1. The van der Waals surface area contributed by atoms with Gasteiger partial charge >= 0.3 is 60.3 Å². The Morgan fingerprint density at radius 3 is 1.16 bits per heavy atom. The summed E-state index contributed by atoms with van der Waals surface area (Å²) in [4.78, 5) is 4.32. The van der Waals surface area contributed by atoms with Crippen LogP contribution in [0.25, 0.3) is 28.0 Å². The number of hydrogen-bond donors (Lipinski definition) is 0. The van der Waals surface area contributed by atoms with E-state index in [2.05, 4.69) is 210 Å². The standard InChI is InChI=1S/5C13H12N.4C12H10N.3Ir/c3*1-11-6-8-12(9-7-11)13-5-3-4-10-14(13)2;2*1-11-7-6-10-14(2)13(11)12-8-4-3-5-9-12;3*1-13-10-6-5-9-12(13)11-7-3-2-4-8-11;1-10-6-5-9-13-12(10)11-7-3-2-4-8-11;;;/h5*3-8,10H,2H2,1H3;3*2-7,9-10H,1H2;2-7,9H,1H3;;;/q9*-1;3*+3. The third-order valence-corrected chi connectivity index (χ3v) is 18.8. The molecule has 0 unspecified atom stereocenters. The fourth-order valence-electron chi connectivity index (χ4n) is 12.4. The number of hydrogen-bond acceptors (Lipinski definition) is 1. The third kappa shape index (κ3) is 30.7. The molecule has 0 atom stereocenters. The second-order valence-corrected chi connectivity index (χ2v) is 28.0. The predicted molar refractivity (Wildman–Crippen MR) is 498 cm³/mol. The minimum atomic E-state index is 0. The maximum Gasteiger partial charge on any atom is 3.00 e. The van der Waals surface area contributed by atoms with Crippen molar-refractivity contribution >= 4 is 50.3 Å². The molecule has 9 nitrogen and oxygen atoms in total. The maximum atomic E-state index is 4.32. The summed E-state index contributed by atoms with van der Waals surface area (Å²) in [5.74, 6) is 0. The molecule has 3 aliphatic carbocycles. The molecule has 18 rings (SSSR count). The number of aryl methyl sites for hydroxylation is 4. The third-order valence-electron chi connectivity index (χ3n) is 18.8. The molecule has 0 N–H and O–H groups in total. The van der Waals surface area contributed by atoms with Crippen molar-refractivity contribution in [2.45, 2.75) is 41.5 Å². The van der Waals surface area contributed by atoms with E-state index < -0.39 is 0 Å². The number of rotatable bonds is 6. The quantitative estimate of drug-likeness (QED) is 0.121. The summed E-state index contributed by atoms with van der Waals surface area (Å²) in [6, 6.07) is 88.5. The van der Waals surface area contributed by atoms with Crippen LogP contribution in [-0.2, 0) is 60.3 Å². The molecule has 0 bridgehead atoms. The molecule has 125 heavy (non-hydrogen) atoms. The summed E-state index contributed by atoms with van der Waals surface area (Å²) in [6.45, 7) is 43.7. The minimum absolute atomic E-state index is 0. The molecule has 0 spiro atoms. The van der Waals surface area contributed by atoms with Crippen LogP contribution in [0, 0.1) is 152 Å². The van der Waals surface area contributed by atoms with Crippen LogP contribution in [-0.4, -0.2) is 61.4 Å². The Bertz CT molecular complexity index is 6060. The van der Waals surface area contributed by atoms with Gasteiger partial charge in [-0.25, -0.2) is 90.2 Å². The summed E-state index contributed by atoms with van der Waals surface area (Å²) in [5.41, 5.74) is 17.9. The molecule has 0 saturated carbocycles. The molecule has 6 aromatic carbocycles. The molecule has 4 aromatic heterocycles. The second-order valence-electron chi connectivity index (χ2n) is 28.0. The molecule has 0 amide bonds. The van der Waals surface area contributed by atoms with Crippen LogP contribution in [0.4, 0.5) is 0 Å². The topological polar surface area (TPSA) is 45.6 Å². The Kier molecular flexibility index (Phi) is 41.3. The van der Waals surface area contributed by atoms with Gasteiger partial charge in [0.1, 0.15) is 20.2 Å². The van der Waals surface area contributed by atoms with Crippen LogP contribution in [0.1, 0.15) is 63.9 Å². The molecule has 0 saturated heterocycles. The fourth-order valence-corrected chi connectivity index (χ4v) is 12.4. The number of allylic oxidation sites excluding steroid dienone is 22. The number of nitrogens with zero attached hydrogens (tertiary/aromatic N) is 9. The first kappa shape index (κ1) is 98.4. The van der Waals surface area contributed by atoms with Crippen molar-refractivity contribution in [1.29, 1.82) is 0 Å². The van der Waals surface area contributed by atoms with Gasteiger partial charge in [0.05, 0.1) is 77.3 Å². The Morgan fingerprint density at radius 1 is 0.352 bits per heavy atom. The minimum Gasteiger partial charge on any atom is -0.336 e.